The molecule has 1 aliphatic carbocycles. The van der Waals surface area contributed by atoms with Crippen LogP contribution in [0.2, 0.25) is 0 Å². The maximum Gasteiger partial charge on any atom is 0.341 e. The Morgan fingerprint density at radius 2 is 2.03 bits per heavy atom. The van der Waals surface area contributed by atoms with Gasteiger partial charge in [0, 0.05) is 4.88 Å². The average molecular weight is 458 g/mol. The number of thioether (sulfide) groups is 1. The van der Waals surface area contributed by atoms with Crippen molar-refractivity contribution >= 4 is 51.0 Å². The van der Waals surface area contributed by atoms with Gasteiger partial charge in [-0.2, -0.15) is 0 Å². The molecule has 2 aromatic heterocycles. The van der Waals surface area contributed by atoms with E-state index >= 15 is 0 Å². The first-order chi connectivity index (χ1) is 15.0. The molecular weight excluding hydrogens is 430 g/mol. The van der Waals surface area contributed by atoms with Gasteiger partial charge in [-0.05, 0) is 62.8 Å². The minimum Gasteiger partial charge on any atom is -0.462 e. The van der Waals surface area contributed by atoms with E-state index in [9.17, 15) is 9.59 Å². The number of hydrogen-bond donors (Lipinski definition) is 2. The number of imidazole rings is 1. The molecule has 8 heteroatoms. The van der Waals surface area contributed by atoms with Crippen LogP contribution in [0.3, 0.4) is 0 Å². The molecule has 1 aromatic carbocycles. The first kappa shape index (κ1) is 21.9. The number of aryl methyl sites for hydroxylation is 2. The fourth-order valence-electron chi connectivity index (χ4n) is 3.89. The summed E-state index contributed by atoms with van der Waals surface area (Å²) in [6, 6.07) is 6.03. The molecule has 6 nitrogen and oxygen atoms in total. The Morgan fingerprint density at radius 3 is 2.84 bits per heavy atom. The van der Waals surface area contributed by atoms with Gasteiger partial charge in [0.15, 0.2) is 5.16 Å². The third-order valence-corrected chi connectivity index (χ3v) is 7.44. The van der Waals surface area contributed by atoms with E-state index in [1.165, 1.54) is 40.8 Å². The number of nitrogens with one attached hydrogen (secondary N) is 2. The molecule has 0 spiro atoms. The summed E-state index contributed by atoms with van der Waals surface area (Å²) in [4.78, 5) is 34.4. The second-order valence-electron chi connectivity index (χ2n) is 7.74. The fourth-order valence-corrected chi connectivity index (χ4v) is 5.87. The van der Waals surface area contributed by atoms with Gasteiger partial charge in [0.25, 0.3) is 0 Å². The summed E-state index contributed by atoms with van der Waals surface area (Å²) in [6.45, 7) is 4.15. The third kappa shape index (κ3) is 5.13. The van der Waals surface area contributed by atoms with Crippen molar-refractivity contribution in [3.8, 4) is 0 Å². The van der Waals surface area contributed by atoms with Gasteiger partial charge >= 0.3 is 5.97 Å². The predicted octanol–water partition coefficient (Wildman–Crippen LogP) is 5.50. The highest BCUT2D eigenvalue weighted by Crippen LogP contribution is 2.37. The minimum absolute atomic E-state index is 0.151. The number of carbonyl (C=O) groups excluding carboxylic acids is 2. The molecule has 31 heavy (non-hydrogen) atoms. The van der Waals surface area contributed by atoms with Gasteiger partial charge in [0.05, 0.1) is 29.0 Å². The van der Waals surface area contributed by atoms with Gasteiger partial charge in [-0.1, -0.05) is 30.7 Å². The monoisotopic (exact) mass is 457 g/mol. The number of amides is 1. The maximum atomic E-state index is 12.7. The van der Waals surface area contributed by atoms with E-state index in [0.717, 1.165) is 47.8 Å². The molecule has 0 aliphatic heterocycles. The molecular formula is C23H27N3O3S2. The molecule has 1 amide bonds. The lowest BCUT2D eigenvalue weighted by Gasteiger charge is -2.11. The quantitative estimate of drug-likeness (QED) is 0.377. The van der Waals surface area contributed by atoms with Crippen LogP contribution in [-0.4, -0.2) is 34.2 Å². The maximum absolute atomic E-state index is 12.7. The normalized spacial score (nSPS) is 14.0. The van der Waals surface area contributed by atoms with Crippen LogP contribution < -0.4 is 5.32 Å². The predicted molar refractivity (Wildman–Crippen MR) is 126 cm³/mol. The third-order valence-electron chi connectivity index (χ3n) is 5.36. The first-order valence-electron chi connectivity index (χ1n) is 10.8. The molecule has 0 bridgehead atoms. The van der Waals surface area contributed by atoms with Crippen LogP contribution in [0.5, 0.6) is 0 Å². The van der Waals surface area contributed by atoms with Gasteiger partial charge in [-0.3, -0.25) is 4.79 Å². The van der Waals surface area contributed by atoms with Crippen molar-refractivity contribution in [1.29, 1.82) is 0 Å². The Labute approximate surface area is 190 Å². The van der Waals surface area contributed by atoms with E-state index in [-0.39, 0.29) is 17.6 Å². The Hall–Kier alpha value is -2.32. The van der Waals surface area contributed by atoms with E-state index in [1.54, 1.807) is 6.92 Å². The number of carbonyl (C=O) groups is 2. The first-order valence-corrected chi connectivity index (χ1v) is 12.6. The number of thiophene rings is 1. The van der Waals surface area contributed by atoms with Gasteiger partial charge < -0.3 is 15.0 Å². The summed E-state index contributed by atoms with van der Waals surface area (Å²) in [7, 11) is 0. The van der Waals surface area contributed by atoms with Crippen LogP contribution in [0.15, 0.2) is 23.4 Å². The zero-order valence-corrected chi connectivity index (χ0v) is 19.5. The van der Waals surface area contributed by atoms with Gasteiger partial charge in [0.2, 0.25) is 5.91 Å². The molecule has 0 saturated carbocycles. The SMILES string of the molecule is CCOC(=O)c1c(NC(=O)CSc2nc3ccc(C)cc3[nH]2)sc2c1CCCCCC2. The lowest BCUT2D eigenvalue weighted by Crippen LogP contribution is -2.17. The molecule has 0 radical (unpaired) electrons. The van der Waals surface area contributed by atoms with Crippen LogP contribution >= 0.6 is 23.1 Å². The molecule has 0 atom stereocenters. The number of aromatic amines is 1. The summed E-state index contributed by atoms with van der Waals surface area (Å²) in [6.07, 6.45) is 6.38. The molecule has 2 heterocycles. The van der Waals surface area contributed by atoms with Crippen LogP contribution in [0.1, 0.15) is 59.0 Å². The van der Waals surface area contributed by atoms with Crippen molar-refractivity contribution < 1.29 is 14.3 Å². The number of hydrogen-bond acceptors (Lipinski definition) is 6. The number of rotatable bonds is 6. The molecule has 4 rings (SSSR count). The van der Waals surface area contributed by atoms with Gasteiger partial charge in [-0.25, -0.2) is 9.78 Å². The fraction of sp³-hybridized carbons (Fsp3) is 0.435. The lowest BCUT2D eigenvalue weighted by molar-refractivity contribution is -0.113. The van der Waals surface area contributed by atoms with Gasteiger partial charge in [-0.15, -0.1) is 11.3 Å². The molecule has 2 N–H and O–H groups in total. The lowest BCUT2D eigenvalue weighted by atomic mass is 9.96. The van der Waals surface area contributed by atoms with Crippen molar-refractivity contribution in [2.24, 2.45) is 0 Å². The van der Waals surface area contributed by atoms with Crippen molar-refractivity contribution in [2.45, 2.75) is 57.5 Å². The average Bonchev–Trinajstić information content (AvgIpc) is 3.26. The summed E-state index contributed by atoms with van der Waals surface area (Å²) in [5.74, 6) is -0.276. The van der Waals surface area contributed by atoms with Crippen LogP contribution in [0.25, 0.3) is 11.0 Å². The number of H-pyrrole nitrogens is 1. The zero-order valence-electron chi connectivity index (χ0n) is 17.9. The number of benzene rings is 1. The summed E-state index contributed by atoms with van der Waals surface area (Å²) in [5, 5.41) is 4.31. The second kappa shape index (κ2) is 9.87. The Kier molecular flexibility index (Phi) is 6.97. The number of nitrogens with zero attached hydrogens (tertiary/aromatic N) is 1. The highest BCUT2D eigenvalue weighted by Gasteiger charge is 2.26. The number of anilines is 1. The number of ether oxygens (including phenoxy) is 1. The van der Waals surface area contributed by atoms with E-state index in [4.69, 9.17) is 4.74 Å². The van der Waals surface area contributed by atoms with E-state index in [1.807, 2.05) is 25.1 Å². The van der Waals surface area contributed by atoms with Crippen LogP contribution in [0.4, 0.5) is 5.00 Å². The zero-order chi connectivity index (χ0) is 21.8. The molecule has 3 aromatic rings. The molecule has 164 valence electrons. The number of aromatic nitrogens is 2. The summed E-state index contributed by atoms with van der Waals surface area (Å²) in [5.41, 5.74) is 4.63. The van der Waals surface area contributed by atoms with Crippen molar-refractivity contribution in [1.82, 2.24) is 9.97 Å². The highest BCUT2D eigenvalue weighted by atomic mass is 32.2. The number of esters is 1. The minimum atomic E-state index is -0.337. The second-order valence-corrected chi connectivity index (χ2v) is 9.81. The molecule has 0 saturated heterocycles. The van der Waals surface area contributed by atoms with Crippen molar-refractivity contribution in [2.75, 3.05) is 17.7 Å². The van der Waals surface area contributed by atoms with Crippen LogP contribution in [0, 0.1) is 6.92 Å². The topological polar surface area (TPSA) is 84.1 Å². The number of fused-ring (bicyclic) bond motifs is 2. The Bertz CT molecular complexity index is 1100. The largest absolute Gasteiger partial charge is 0.462 e. The molecule has 0 fully saturated rings. The summed E-state index contributed by atoms with van der Waals surface area (Å²) < 4.78 is 5.32. The molecule has 0 unspecified atom stereocenters. The standard InChI is InChI=1S/C23H27N3O3S2/c1-3-29-22(28)20-15-8-6-4-5-7-9-18(15)31-21(20)26-19(27)13-30-23-24-16-11-10-14(2)12-17(16)25-23/h10-12H,3-9,13H2,1-2H3,(H,24,25)(H,26,27). The Balaban J connectivity index is 1.49. The van der Waals surface area contributed by atoms with Crippen LogP contribution in [-0.2, 0) is 22.4 Å². The highest BCUT2D eigenvalue weighted by molar-refractivity contribution is 7.99. The molecule has 1 aliphatic rings. The Morgan fingerprint density at radius 1 is 1.23 bits per heavy atom. The smallest absolute Gasteiger partial charge is 0.341 e. The van der Waals surface area contributed by atoms with Crippen molar-refractivity contribution in [3.05, 3.63) is 39.8 Å². The van der Waals surface area contributed by atoms with Crippen molar-refractivity contribution in [3.63, 3.8) is 0 Å². The summed E-state index contributed by atoms with van der Waals surface area (Å²) >= 11 is 2.88. The van der Waals surface area contributed by atoms with E-state index < -0.39 is 0 Å². The van der Waals surface area contributed by atoms with E-state index in [2.05, 4.69) is 15.3 Å². The van der Waals surface area contributed by atoms with Gasteiger partial charge in [0.1, 0.15) is 5.00 Å². The van der Waals surface area contributed by atoms with E-state index in [0.29, 0.717) is 22.3 Å².